The van der Waals surface area contributed by atoms with Crippen LogP contribution in [0.25, 0.3) is 11.4 Å². The lowest BCUT2D eigenvalue weighted by Gasteiger charge is -2.07. The van der Waals surface area contributed by atoms with Crippen LogP contribution in [0.2, 0.25) is 0 Å². The van der Waals surface area contributed by atoms with Crippen LogP contribution in [0.4, 0.5) is 5.69 Å². The Kier molecular flexibility index (Phi) is 4.48. The van der Waals surface area contributed by atoms with Gasteiger partial charge in [0.05, 0.1) is 5.56 Å². The topological polar surface area (TPSA) is 54.9 Å². The molecule has 0 spiro atoms. The number of aromatic nitrogens is 2. The van der Waals surface area contributed by atoms with E-state index in [1.54, 1.807) is 0 Å². The number of halogens is 1. The molecular weight excluding hydrogens is 354 g/mol. The van der Waals surface area contributed by atoms with Crippen molar-refractivity contribution >= 4 is 27.5 Å². The highest BCUT2D eigenvalue weighted by molar-refractivity contribution is 9.10. The summed E-state index contributed by atoms with van der Waals surface area (Å²) in [5, 5.41) is 2.85. The zero-order valence-corrected chi connectivity index (χ0v) is 14.0. The Labute approximate surface area is 142 Å². The van der Waals surface area contributed by atoms with Crippen molar-refractivity contribution in [2.45, 2.75) is 6.92 Å². The van der Waals surface area contributed by atoms with Crippen LogP contribution in [0.3, 0.4) is 0 Å². The van der Waals surface area contributed by atoms with Gasteiger partial charge in [-0.15, -0.1) is 0 Å². The predicted octanol–water partition coefficient (Wildman–Crippen LogP) is 4.47. The van der Waals surface area contributed by atoms with Crippen molar-refractivity contribution < 1.29 is 4.79 Å². The fourth-order valence-corrected chi connectivity index (χ4v) is 2.35. The van der Waals surface area contributed by atoms with Crippen LogP contribution in [-0.4, -0.2) is 15.9 Å². The molecule has 1 N–H and O–H groups in total. The smallest absolute Gasteiger partial charge is 0.258 e. The van der Waals surface area contributed by atoms with E-state index in [2.05, 4.69) is 31.2 Å². The second-order valence-corrected chi connectivity index (χ2v) is 5.93. The molecule has 0 saturated carbocycles. The summed E-state index contributed by atoms with van der Waals surface area (Å²) in [7, 11) is 0. The minimum absolute atomic E-state index is 0.230. The quantitative estimate of drug-likeness (QED) is 0.742. The number of nitrogens with zero attached hydrogens (tertiary/aromatic N) is 2. The molecule has 0 aliphatic heterocycles. The molecule has 0 aliphatic carbocycles. The summed E-state index contributed by atoms with van der Waals surface area (Å²) < 4.78 is 1.01. The number of nitrogens with one attached hydrogen (secondary N) is 1. The minimum Gasteiger partial charge on any atom is -0.322 e. The van der Waals surface area contributed by atoms with Gasteiger partial charge < -0.3 is 5.32 Å². The van der Waals surface area contributed by atoms with Crippen molar-refractivity contribution in [2.24, 2.45) is 0 Å². The SMILES string of the molecule is Cc1cc(NC(=O)c2cnc(-c3ccccc3)nc2)ccc1Br. The molecule has 2 aromatic carbocycles. The fourth-order valence-electron chi connectivity index (χ4n) is 2.11. The Hall–Kier alpha value is -2.53. The second kappa shape index (κ2) is 6.71. The summed E-state index contributed by atoms with van der Waals surface area (Å²) in [4.78, 5) is 20.8. The van der Waals surface area contributed by atoms with E-state index < -0.39 is 0 Å². The van der Waals surface area contributed by atoms with Gasteiger partial charge in [-0.2, -0.15) is 0 Å². The lowest BCUT2D eigenvalue weighted by molar-refractivity contribution is 0.102. The number of anilines is 1. The molecule has 5 heteroatoms. The van der Waals surface area contributed by atoms with Crippen molar-refractivity contribution in [1.29, 1.82) is 0 Å². The number of benzene rings is 2. The summed E-state index contributed by atoms with van der Waals surface area (Å²) in [6.07, 6.45) is 3.08. The Morgan fingerprint density at radius 3 is 2.39 bits per heavy atom. The third-order valence-corrected chi connectivity index (χ3v) is 4.25. The molecule has 114 valence electrons. The van der Waals surface area contributed by atoms with Gasteiger partial charge in [-0.1, -0.05) is 46.3 Å². The van der Waals surface area contributed by atoms with Crippen LogP contribution in [-0.2, 0) is 0 Å². The maximum atomic E-state index is 12.3. The highest BCUT2D eigenvalue weighted by Crippen LogP contribution is 2.20. The van der Waals surface area contributed by atoms with Crippen molar-refractivity contribution in [3.05, 3.63) is 76.5 Å². The first-order valence-corrected chi connectivity index (χ1v) is 7.88. The van der Waals surface area contributed by atoms with E-state index in [0.717, 1.165) is 21.3 Å². The van der Waals surface area contributed by atoms with Gasteiger partial charge in [-0.3, -0.25) is 4.79 Å². The lowest BCUT2D eigenvalue weighted by Crippen LogP contribution is -2.13. The van der Waals surface area contributed by atoms with Crippen LogP contribution in [0.5, 0.6) is 0 Å². The first-order chi connectivity index (χ1) is 11.1. The summed E-state index contributed by atoms with van der Waals surface area (Å²) in [5.41, 5.74) is 3.13. The van der Waals surface area contributed by atoms with E-state index >= 15 is 0 Å². The van der Waals surface area contributed by atoms with Crippen LogP contribution >= 0.6 is 15.9 Å². The van der Waals surface area contributed by atoms with Gasteiger partial charge in [-0.05, 0) is 30.7 Å². The lowest BCUT2D eigenvalue weighted by atomic mass is 10.2. The van der Waals surface area contributed by atoms with E-state index in [0.29, 0.717) is 11.4 Å². The number of aryl methyl sites for hydroxylation is 1. The molecule has 0 radical (unpaired) electrons. The fraction of sp³-hybridized carbons (Fsp3) is 0.0556. The number of rotatable bonds is 3. The van der Waals surface area contributed by atoms with Gasteiger partial charge in [0, 0.05) is 28.1 Å². The Balaban J connectivity index is 1.76. The minimum atomic E-state index is -0.230. The molecule has 3 rings (SSSR count). The van der Waals surface area contributed by atoms with Gasteiger partial charge >= 0.3 is 0 Å². The summed E-state index contributed by atoms with van der Waals surface area (Å²) in [6, 6.07) is 15.3. The number of hydrogen-bond acceptors (Lipinski definition) is 3. The van der Waals surface area contributed by atoms with Gasteiger partial charge in [0.2, 0.25) is 0 Å². The van der Waals surface area contributed by atoms with E-state index in [4.69, 9.17) is 0 Å². The molecule has 1 aromatic heterocycles. The van der Waals surface area contributed by atoms with Crippen LogP contribution < -0.4 is 5.32 Å². The van der Waals surface area contributed by atoms with E-state index in [1.165, 1.54) is 12.4 Å². The molecule has 4 nitrogen and oxygen atoms in total. The van der Waals surface area contributed by atoms with Crippen molar-refractivity contribution in [3.8, 4) is 11.4 Å². The average Bonchev–Trinajstić information content (AvgIpc) is 2.59. The first kappa shape index (κ1) is 15.4. The zero-order valence-electron chi connectivity index (χ0n) is 12.5. The van der Waals surface area contributed by atoms with Crippen LogP contribution in [0.15, 0.2) is 65.4 Å². The molecule has 0 bridgehead atoms. The van der Waals surface area contributed by atoms with E-state index in [-0.39, 0.29) is 5.91 Å². The van der Waals surface area contributed by atoms with Gasteiger partial charge in [0.15, 0.2) is 5.82 Å². The maximum Gasteiger partial charge on any atom is 0.258 e. The average molecular weight is 368 g/mol. The number of carbonyl (C=O) groups excluding carboxylic acids is 1. The molecule has 1 amide bonds. The maximum absolute atomic E-state index is 12.3. The van der Waals surface area contributed by atoms with Crippen molar-refractivity contribution in [2.75, 3.05) is 5.32 Å². The zero-order chi connectivity index (χ0) is 16.2. The van der Waals surface area contributed by atoms with Crippen molar-refractivity contribution in [3.63, 3.8) is 0 Å². The summed E-state index contributed by atoms with van der Waals surface area (Å²) >= 11 is 3.44. The summed E-state index contributed by atoms with van der Waals surface area (Å²) in [5.74, 6) is 0.368. The second-order valence-electron chi connectivity index (χ2n) is 5.08. The third-order valence-electron chi connectivity index (χ3n) is 3.36. The van der Waals surface area contributed by atoms with E-state index in [9.17, 15) is 4.79 Å². The van der Waals surface area contributed by atoms with Crippen molar-refractivity contribution in [1.82, 2.24) is 9.97 Å². The molecule has 0 unspecified atom stereocenters. The molecule has 3 aromatic rings. The first-order valence-electron chi connectivity index (χ1n) is 7.08. The van der Waals surface area contributed by atoms with E-state index in [1.807, 2.05) is 55.5 Å². The molecule has 0 aliphatic rings. The normalized spacial score (nSPS) is 10.3. The highest BCUT2D eigenvalue weighted by atomic mass is 79.9. The monoisotopic (exact) mass is 367 g/mol. The highest BCUT2D eigenvalue weighted by Gasteiger charge is 2.09. The Morgan fingerprint density at radius 2 is 1.74 bits per heavy atom. The summed E-state index contributed by atoms with van der Waals surface area (Å²) in [6.45, 7) is 1.97. The van der Waals surface area contributed by atoms with Gasteiger partial charge in [0.25, 0.3) is 5.91 Å². The standard InChI is InChI=1S/C18H14BrN3O/c1-12-9-15(7-8-16(12)19)22-18(23)14-10-20-17(21-11-14)13-5-3-2-4-6-13/h2-11H,1H3,(H,22,23). The molecule has 23 heavy (non-hydrogen) atoms. The Bertz CT molecular complexity index is 833. The molecule has 0 fully saturated rings. The number of hydrogen-bond donors (Lipinski definition) is 1. The number of carbonyl (C=O) groups is 1. The largest absolute Gasteiger partial charge is 0.322 e. The molecule has 0 atom stereocenters. The molecular formula is C18H14BrN3O. The van der Waals surface area contributed by atoms with Crippen LogP contribution in [0.1, 0.15) is 15.9 Å². The molecule has 1 heterocycles. The number of amides is 1. The van der Waals surface area contributed by atoms with Gasteiger partial charge in [-0.25, -0.2) is 9.97 Å². The van der Waals surface area contributed by atoms with Gasteiger partial charge in [0.1, 0.15) is 0 Å². The predicted molar refractivity (Wildman–Crippen MR) is 94.3 cm³/mol. The Morgan fingerprint density at radius 1 is 1.04 bits per heavy atom. The molecule has 0 saturated heterocycles. The van der Waals surface area contributed by atoms with Crippen LogP contribution in [0, 0.1) is 6.92 Å². The third kappa shape index (κ3) is 3.63.